The fourth-order valence-electron chi connectivity index (χ4n) is 2.98. The van der Waals surface area contributed by atoms with E-state index in [2.05, 4.69) is 26.1 Å². The van der Waals surface area contributed by atoms with Gasteiger partial charge in [0.1, 0.15) is 5.75 Å². The third-order valence-corrected chi connectivity index (χ3v) is 4.56. The molecule has 3 nitrogen and oxygen atoms in total. The number of phenolic OH excluding ortho intramolecular Hbond substituents is 1. The van der Waals surface area contributed by atoms with Crippen LogP contribution in [0.3, 0.4) is 0 Å². The summed E-state index contributed by atoms with van der Waals surface area (Å²) in [7, 11) is 1.78. The lowest BCUT2D eigenvalue weighted by Gasteiger charge is -2.52. The number of hydrogen-bond donors (Lipinski definition) is 2. The summed E-state index contributed by atoms with van der Waals surface area (Å²) in [6.45, 7) is 8.60. The first-order chi connectivity index (χ1) is 8.86. The number of phenols is 1. The number of aryl methyl sites for hydroxylation is 1. The summed E-state index contributed by atoms with van der Waals surface area (Å²) in [5, 5.41) is 13.6. The zero-order chi connectivity index (χ0) is 14.2. The molecule has 0 amide bonds. The lowest BCUT2D eigenvalue weighted by molar-refractivity contribution is -0.0999. The van der Waals surface area contributed by atoms with Crippen molar-refractivity contribution < 1.29 is 9.84 Å². The smallest absolute Gasteiger partial charge is 0.120 e. The van der Waals surface area contributed by atoms with Gasteiger partial charge < -0.3 is 15.2 Å². The van der Waals surface area contributed by atoms with Crippen molar-refractivity contribution in [1.82, 2.24) is 5.32 Å². The van der Waals surface area contributed by atoms with E-state index < -0.39 is 0 Å². The van der Waals surface area contributed by atoms with Gasteiger partial charge in [0.2, 0.25) is 0 Å². The van der Waals surface area contributed by atoms with Crippen molar-refractivity contribution in [3.63, 3.8) is 0 Å². The Morgan fingerprint density at radius 3 is 2.68 bits per heavy atom. The molecule has 0 saturated heterocycles. The van der Waals surface area contributed by atoms with Gasteiger partial charge in [-0.1, -0.05) is 31.5 Å². The van der Waals surface area contributed by atoms with E-state index in [4.69, 9.17) is 4.74 Å². The van der Waals surface area contributed by atoms with Crippen LogP contribution in [0, 0.1) is 12.3 Å². The second kappa shape index (κ2) is 5.14. The second-order valence-corrected chi connectivity index (χ2v) is 6.28. The number of rotatable bonds is 4. The molecule has 19 heavy (non-hydrogen) atoms. The molecule has 1 saturated carbocycles. The minimum Gasteiger partial charge on any atom is -0.508 e. The van der Waals surface area contributed by atoms with Crippen LogP contribution in [-0.4, -0.2) is 24.4 Å². The van der Waals surface area contributed by atoms with Gasteiger partial charge in [0.15, 0.2) is 0 Å². The number of nitrogens with one attached hydrogen (secondary N) is 1. The predicted octanol–water partition coefficient (Wildman–Crippen LogP) is 3.16. The van der Waals surface area contributed by atoms with E-state index in [9.17, 15) is 5.11 Å². The number of hydrogen-bond acceptors (Lipinski definition) is 3. The lowest BCUT2D eigenvalue weighted by atomic mass is 9.64. The van der Waals surface area contributed by atoms with Gasteiger partial charge >= 0.3 is 0 Å². The van der Waals surface area contributed by atoms with Crippen molar-refractivity contribution >= 4 is 0 Å². The van der Waals surface area contributed by atoms with Gasteiger partial charge in [-0.15, -0.1) is 0 Å². The van der Waals surface area contributed by atoms with E-state index in [1.165, 1.54) is 5.56 Å². The molecule has 0 aliphatic heterocycles. The van der Waals surface area contributed by atoms with Crippen molar-refractivity contribution in [2.24, 2.45) is 5.41 Å². The van der Waals surface area contributed by atoms with Crippen molar-refractivity contribution in [2.45, 2.75) is 52.3 Å². The summed E-state index contributed by atoms with van der Waals surface area (Å²) in [6, 6.07) is 6.31. The molecular weight excluding hydrogens is 238 g/mol. The fraction of sp³-hybridized carbons (Fsp3) is 0.625. The molecule has 0 heterocycles. The number of ether oxygens (including phenoxy) is 1. The molecule has 0 bridgehead atoms. The standard InChI is InChI=1S/C16H25NO2/c1-10-6-7-13(18)12(8-10)11(2)17-14-9-15(19-5)16(14,3)4/h6-8,11,14-15,17-18H,9H2,1-5H3. The molecule has 0 aromatic heterocycles. The summed E-state index contributed by atoms with van der Waals surface area (Å²) in [5.41, 5.74) is 2.28. The van der Waals surface area contributed by atoms with Crippen molar-refractivity contribution in [1.29, 1.82) is 0 Å². The average Bonchev–Trinajstić information content (AvgIpc) is 2.36. The molecule has 3 atom stereocenters. The molecule has 106 valence electrons. The van der Waals surface area contributed by atoms with Crippen LogP contribution < -0.4 is 5.32 Å². The van der Waals surface area contributed by atoms with Crippen molar-refractivity contribution in [2.75, 3.05) is 7.11 Å². The Kier molecular flexibility index (Phi) is 3.88. The Hall–Kier alpha value is -1.06. The highest BCUT2D eigenvalue weighted by atomic mass is 16.5. The van der Waals surface area contributed by atoms with Crippen molar-refractivity contribution in [3.05, 3.63) is 29.3 Å². The molecule has 1 aromatic carbocycles. The quantitative estimate of drug-likeness (QED) is 0.876. The number of aromatic hydroxyl groups is 1. The third-order valence-electron chi connectivity index (χ3n) is 4.56. The van der Waals surface area contributed by atoms with Crippen LogP contribution in [-0.2, 0) is 4.74 Å². The Labute approximate surface area is 116 Å². The predicted molar refractivity (Wildman–Crippen MR) is 77.4 cm³/mol. The van der Waals surface area contributed by atoms with E-state index in [1.807, 2.05) is 19.1 Å². The molecule has 0 radical (unpaired) electrons. The van der Waals surface area contributed by atoms with Crippen LogP contribution in [0.4, 0.5) is 0 Å². The minimum atomic E-state index is 0.141. The molecule has 2 N–H and O–H groups in total. The molecule has 0 spiro atoms. The van der Waals surface area contributed by atoms with Gasteiger partial charge in [0.25, 0.3) is 0 Å². The first kappa shape index (κ1) is 14.4. The SMILES string of the molecule is COC1CC(NC(C)c2cc(C)ccc2O)C1(C)C. The highest BCUT2D eigenvalue weighted by Gasteiger charge is 2.48. The molecule has 1 aliphatic rings. The molecule has 1 fully saturated rings. The monoisotopic (exact) mass is 263 g/mol. The number of methoxy groups -OCH3 is 1. The Balaban J connectivity index is 2.06. The summed E-state index contributed by atoms with van der Waals surface area (Å²) < 4.78 is 5.47. The van der Waals surface area contributed by atoms with E-state index in [0.717, 1.165) is 12.0 Å². The summed E-state index contributed by atoms with van der Waals surface area (Å²) >= 11 is 0. The van der Waals surface area contributed by atoms with Crippen LogP contribution in [0.25, 0.3) is 0 Å². The number of benzene rings is 1. The topological polar surface area (TPSA) is 41.5 Å². The van der Waals surface area contributed by atoms with E-state index in [1.54, 1.807) is 13.2 Å². The van der Waals surface area contributed by atoms with Crippen LogP contribution in [0.2, 0.25) is 0 Å². The van der Waals surface area contributed by atoms with Crippen LogP contribution in [0.15, 0.2) is 18.2 Å². The lowest BCUT2D eigenvalue weighted by Crippen LogP contribution is -2.60. The maximum Gasteiger partial charge on any atom is 0.120 e. The highest BCUT2D eigenvalue weighted by Crippen LogP contribution is 2.43. The molecule has 3 unspecified atom stereocenters. The molecule has 1 aromatic rings. The first-order valence-electron chi connectivity index (χ1n) is 6.94. The van der Waals surface area contributed by atoms with Gasteiger partial charge in [-0.25, -0.2) is 0 Å². The first-order valence-corrected chi connectivity index (χ1v) is 6.94. The largest absolute Gasteiger partial charge is 0.508 e. The van der Waals surface area contributed by atoms with Crippen molar-refractivity contribution in [3.8, 4) is 5.75 Å². The maximum absolute atomic E-state index is 9.97. The van der Waals surface area contributed by atoms with Crippen LogP contribution in [0.5, 0.6) is 5.75 Å². The Bertz CT molecular complexity index is 456. The average molecular weight is 263 g/mol. The zero-order valence-corrected chi connectivity index (χ0v) is 12.5. The second-order valence-electron chi connectivity index (χ2n) is 6.28. The molecule has 2 rings (SSSR count). The zero-order valence-electron chi connectivity index (χ0n) is 12.5. The van der Waals surface area contributed by atoms with Gasteiger partial charge in [-0.2, -0.15) is 0 Å². The van der Waals surface area contributed by atoms with Gasteiger partial charge in [-0.05, 0) is 26.3 Å². The Morgan fingerprint density at radius 1 is 1.42 bits per heavy atom. The third kappa shape index (κ3) is 2.63. The van der Waals surface area contributed by atoms with E-state index in [0.29, 0.717) is 17.9 Å². The van der Waals surface area contributed by atoms with Crippen LogP contribution >= 0.6 is 0 Å². The van der Waals surface area contributed by atoms with Crippen LogP contribution in [0.1, 0.15) is 44.4 Å². The van der Waals surface area contributed by atoms with Gasteiger partial charge in [-0.3, -0.25) is 0 Å². The van der Waals surface area contributed by atoms with E-state index >= 15 is 0 Å². The Morgan fingerprint density at radius 2 is 2.11 bits per heavy atom. The highest BCUT2D eigenvalue weighted by molar-refractivity contribution is 5.37. The normalized spacial score (nSPS) is 26.8. The fourth-order valence-corrected chi connectivity index (χ4v) is 2.98. The van der Waals surface area contributed by atoms with Gasteiger partial charge in [0.05, 0.1) is 6.10 Å². The summed E-state index contributed by atoms with van der Waals surface area (Å²) in [6.07, 6.45) is 1.35. The minimum absolute atomic E-state index is 0.141. The maximum atomic E-state index is 9.97. The molecule has 1 aliphatic carbocycles. The van der Waals surface area contributed by atoms with E-state index in [-0.39, 0.29) is 11.5 Å². The molecular formula is C16H25NO2. The van der Waals surface area contributed by atoms with Gasteiger partial charge in [0, 0.05) is 30.2 Å². The summed E-state index contributed by atoms with van der Waals surface area (Å²) in [5.74, 6) is 0.367. The molecule has 3 heteroatoms. The summed E-state index contributed by atoms with van der Waals surface area (Å²) in [4.78, 5) is 0.